The zero-order chi connectivity index (χ0) is 21.1. The summed E-state index contributed by atoms with van der Waals surface area (Å²) in [6, 6.07) is 23.0. The highest BCUT2D eigenvalue weighted by atomic mass is 16.5. The van der Waals surface area contributed by atoms with Crippen LogP contribution < -0.4 is 14.6 Å². The maximum absolute atomic E-state index is 13.4. The summed E-state index contributed by atoms with van der Waals surface area (Å²) in [5.41, 5.74) is 3.28. The molecule has 0 aliphatic carbocycles. The van der Waals surface area contributed by atoms with Gasteiger partial charge in [-0.1, -0.05) is 42.5 Å². The topological polar surface area (TPSA) is 59.3 Å². The van der Waals surface area contributed by atoms with E-state index in [0.717, 1.165) is 27.4 Å². The number of benzene rings is 3. The number of carbonyl (C=O) groups is 2. The van der Waals surface area contributed by atoms with Crippen LogP contribution in [0.1, 0.15) is 22.3 Å². The molecular formula is C25H23N2O3+. The van der Waals surface area contributed by atoms with Gasteiger partial charge in [0.05, 0.1) is 16.3 Å². The summed E-state index contributed by atoms with van der Waals surface area (Å²) in [6.07, 6.45) is 0.826. The lowest BCUT2D eigenvalue weighted by molar-refractivity contribution is -0.617. The van der Waals surface area contributed by atoms with E-state index >= 15 is 0 Å². The first kappa shape index (κ1) is 19.6. The molecule has 0 aliphatic rings. The second kappa shape index (κ2) is 8.33. The molecule has 3 aromatic carbocycles. The van der Waals surface area contributed by atoms with Gasteiger partial charge in [0, 0.05) is 25.6 Å². The number of pyridine rings is 1. The van der Waals surface area contributed by atoms with Crippen molar-refractivity contribution in [3.05, 3.63) is 83.9 Å². The minimum Gasteiger partial charge on any atom is -0.423 e. The van der Waals surface area contributed by atoms with Crippen LogP contribution in [0.25, 0.3) is 21.8 Å². The summed E-state index contributed by atoms with van der Waals surface area (Å²) in [5.74, 6) is 0.0202. The average molecular weight is 399 g/mol. The number of hydrogen-bond donors (Lipinski definition) is 1. The lowest BCUT2D eigenvalue weighted by Gasteiger charge is -2.12. The number of hydrogen-bond acceptors (Lipinski definition) is 3. The summed E-state index contributed by atoms with van der Waals surface area (Å²) >= 11 is 0. The van der Waals surface area contributed by atoms with Crippen molar-refractivity contribution in [2.75, 3.05) is 7.05 Å². The van der Waals surface area contributed by atoms with Crippen molar-refractivity contribution in [3.8, 4) is 5.75 Å². The molecule has 0 radical (unpaired) electrons. The quantitative estimate of drug-likeness (QED) is 0.241. The average Bonchev–Trinajstić information content (AvgIpc) is 2.78. The Kier molecular flexibility index (Phi) is 5.44. The highest BCUT2D eigenvalue weighted by Crippen LogP contribution is 2.27. The molecule has 0 unspecified atom stereocenters. The normalized spacial score (nSPS) is 10.9. The number of carbonyl (C=O) groups excluding carboxylic acids is 2. The fourth-order valence-electron chi connectivity index (χ4n) is 3.78. The Morgan fingerprint density at radius 3 is 2.07 bits per heavy atom. The predicted octanol–water partition coefficient (Wildman–Crippen LogP) is 3.72. The van der Waals surface area contributed by atoms with Gasteiger partial charge < -0.3 is 10.1 Å². The van der Waals surface area contributed by atoms with Gasteiger partial charge in [-0.25, -0.2) is 4.79 Å². The molecule has 0 fully saturated rings. The molecule has 4 aromatic rings. The zero-order valence-electron chi connectivity index (χ0n) is 17.0. The SMILES string of the molecule is CNC(=O)CCc1ccccc1OC(=O)c1c2ccccc2[n+](C)c2ccccc12. The van der Waals surface area contributed by atoms with Gasteiger partial charge in [0.2, 0.25) is 16.9 Å². The smallest absolute Gasteiger partial charge is 0.345 e. The molecule has 5 nitrogen and oxygen atoms in total. The third-order valence-electron chi connectivity index (χ3n) is 5.35. The molecule has 5 heteroatoms. The minimum absolute atomic E-state index is 0.0522. The van der Waals surface area contributed by atoms with E-state index in [-0.39, 0.29) is 5.91 Å². The van der Waals surface area contributed by atoms with E-state index in [9.17, 15) is 9.59 Å². The summed E-state index contributed by atoms with van der Waals surface area (Å²) in [6.45, 7) is 0. The van der Waals surface area contributed by atoms with Crippen molar-refractivity contribution in [1.82, 2.24) is 5.32 Å². The maximum atomic E-state index is 13.4. The highest BCUT2D eigenvalue weighted by Gasteiger charge is 2.24. The van der Waals surface area contributed by atoms with E-state index in [1.165, 1.54) is 0 Å². The molecule has 0 saturated heterocycles. The Hall–Kier alpha value is -3.73. The van der Waals surface area contributed by atoms with Crippen molar-refractivity contribution < 1.29 is 18.9 Å². The Morgan fingerprint density at radius 1 is 0.867 bits per heavy atom. The Morgan fingerprint density at radius 2 is 1.43 bits per heavy atom. The molecule has 0 saturated carbocycles. The fourth-order valence-corrected chi connectivity index (χ4v) is 3.78. The van der Waals surface area contributed by atoms with E-state index in [0.29, 0.717) is 24.2 Å². The van der Waals surface area contributed by atoms with Crippen LogP contribution in [0.5, 0.6) is 5.75 Å². The highest BCUT2D eigenvalue weighted by molar-refractivity contribution is 6.13. The molecular weight excluding hydrogens is 376 g/mol. The monoisotopic (exact) mass is 399 g/mol. The number of ether oxygens (including phenoxy) is 1. The largest absolute Gasteiger partial charge is 0.423 e. The third-order valence-corrected chi connectivity index (χ3v) is 5.35. The van der Waals surface area contributed by atoms with Crippen LogP contribution in [0.3, 0.4) is 0 Å². The molecule has 0 spiro atoms. The minimum atomic E-state index is -0.407. The van der Waals surface area contributed by atoms with Gasteiger partial charge in [-0.15, -0.1) is 0 Å². The van der Waals surface area contributed by atoms with Crippen molar-refractivity contribution in [2.45, 2.75) is 12.8 Å². The van der Waals surface area contributed by atoms with Crippen molar-refractivity contribution in [3.63, 3.8) is 0 Å². The van der Waals surface area contributed by atoms with Crippen LogP contribution in [-0.4, -0.2) is 18.9 Å². The lowest BCUT2D eigenvalue weighted by atomic mass is 10.0. The number of esters is 1. The van der Waals surface area contributed by atoms with Gasteiger partial charge in [0.25, 0.3) is 0 Å². The summed E-state index contributed by atoms with van der Waals surface area (Å²) in [4.78, 5) is 25.0. The second-order valence-corrected chi connectivity index (χ2v) is 7.14. The first-order valence-electron chi connectivity index (χ1n) is 9.90. The number of nitrogens with one attached hydrogen (secondary N) is 1. The van der Waals surface area contributed by atoms with E-state index in [1.807, 2.05) is 73.8 Å². The van der Waals surface area contributed by atoms with Gasteiger partial charge >= 0.3 is 5.97 Å². The number of amides is 1. The Bertz CT molecular complexity index is 1210. The van der Waals surface area contributed by atoms with Crippen LogP contribution in [-0.2, 0) is 18.3 Å². The molecule has 0 bridgehead atoms. The Labute approximate surface area is 174 Å². The molecule has 1 heterocycles. The number of nitrogens with zero attached hydrogens (tertiary/aromatic N) is 1. The van der Waals surface area contributed by atoms with Gasteiger partial charge in [-0.2, -0.15) is 4.57 Å². The number of aromatic nitrogens is 1. The summed E-state index contributed by atoms with van der Waals surface area (Å²) in [5, 5.41) is 4.30. The molecule has 0 atom stereocenters. The third kappa shape index (κ3) is 3.62. The number of para-hydroxylation sites is 3. The van der Waals surface area contributed by atoms with E-state index in [4.69, 9.17) is 4.74 Å². The van der Waals surface area contributed by atoms with Crippen LogP contribution in [0.15, 0.2) is 72.8 Å². The van der Waals surface area contributed by atoms with E-state index in [2.05, 4.69) is 9.88 Å². The fraction of sp³-hybridized carbons (Fsp3) is 0.160. The van der Waals surface area contributed by atoms with Crippen molar-refractivity contribution in [2.24, 2.45) is 7.05 Å². The first-order valence-corrected chi connectivity index (χ1v) is 9.90. The first-order chi connectivity index (χ1) is 14.6. The van der Waals surface area contributed by atoms with Crippen LogP contribution in [0.2, 0.25) is 0 Å². The molecule has 1 amide bonds. The molecule has 150 valence electrons. The maximum Gasteiger partial charge on any atom is 0.345 e. The van der Waals surface area contributed by atoms with Crippen LogP contribution >= 0.6 is 0 Å². The zero-order valence-corrected chi connectivity index (χ0v) is 17.0. The lowest BCUT2D eigenvalue weighted by Crippen LogP contribution is -2.31. The number of rotatable bonds is 5. The van der Waals surface area contributed by atoms with Gasteiger partial charge in [0.15, 0.2) is 0 Å². The standard InChI is InChI=1S/C25H22N2O3/c1-26-23(28)16-15-17-9-3-8-14-22(17)30-25(29)24-18-10-4-6-12-20(18)27(2)21-13-7-5-11-19(21)24/h3-14H,15-16H2,1-2H3/p+1. The van der Waals surface area contributed by atoms with Gasteiger partial charge in [-0.3, -0.25) is 4.79 Å². The molecule has 1 aromatic heterocycles. The van der Waals surface area contributed by atoms with Gasteiger partial charge in [0.1, 0.15) is 12.8 Å². The number of fused-ring (bicyclic) bond motifs is 2. The Balaban J connectivity index is 1.78. The van der Waals surface area contributed by atoms with E-state index in [1.54, 1.807) is 13.1 Å². The second-order valence-electron chi connectivity index (χ2n) is 7.14. The molecule has 0 aliphatic heterocycles. The van der Waals surface area contributed by atoms with Gasteiger partial charge in [-0.05, 0) is 30.2 Å². The molecule has 1 N–H and O–H groups in total. The van der Waals surface area contributed by atoms with Crippen LogP contribution in [0.4, 0.5) is 0 Å². The van der Waals surface area contributed by atoms with Crippen molar-refractivity contribution >= 4 is 33.7 Å². The summed E-state index contributed by atoms with van der Waals surface area (Å²) in [7, 11) is 3.60. The molecule has 4 rings (SSSR count). The van der Waals surface area contributed by atoms with Crippen LogP contribution in [0, 0.1) is 0 Å². The number of aryl methyl sites for hydroxylation is 2. The van der Waals surface area contributed by atoms with E-state index < -0.39 is 5.97 Å². The molecule has 30 heavy (non-hydrogen) atoms. The predicted molar refractivity (Wildman–Crippen MR) is 116 cm³/mol. The summed E-state index contributed by atoms with van der Waals surface area (Å²) < 4.78 is 7.96. The van der Waals surface area contributed by atoms with Crippen molar-refractivity contribution in [1.29, 1.82) is 0 Å².